The Hall–Kier alpha value is -2.15. The van der Waals surface area contributed by atoms with Crippen LogP contribution in [0.5, 0.6) is 0 Å². The van der Waals surface area contributed by atoms with Gasteiger partial charge in [0.15, 0.2) is 0 Å². The van der Waals surface area contributed by atoms with Crippen molar-refractivity contribution in [2.24, 2.45) is 0 Å². The van der Waals surface area contributed by atoms with Gasteiger partial charge in [0, 0.05) is 22.7 Å². The molecule has 8 heteroatoms. The van der Waals surface area contributed by atoms with Gasteiger partial charge in [0.1, 0.15) is 6.04 Å². The molecule has 20 heavy (non-hydrogen) atoms. The maximum absolute atomic E-state index is 11.9. The fourth-order valence-electron chi connectivity index (χ4n) is 1.60. The molecule has 0 saturated carbocycles. The lowest BCUT2D eigenvalue weighted by Crippen LogP contribution is -2.40. The van der Waals surface area contributed by atoms with Gasteiger partial charge in [-0.15, -0.1) is 0 Å². The average Bonchev–Trinajstić information content (AvgIpc) is 2.37. The summed E-state index contributed by atoms with van der Waals surface area (Å²) in [4.78, 5) is 32.9. The average molecular weight is 301 g/mol. The number of hydrogen-bond donors (Lipinski definition) is 2. The van der Waals surface area contributed by atoms with E-state index in [0.717, 1.165) is 12.1 Å². The van der Waals surface area contributed by atoms with Crippen molar-refractivity contribution in [2.45, 2.75) is 25.8 Å². The monoisotopic (exact) mass is 300 g/mol. The Balaban J connectivity index is 2.97. The van der Waals surface area contributed by atoms with Crippen LogP contribution in [0.4, 0.5) is 5.69 Å². The number of aliphatic carboxylic acids is 1. The molecular formula is C12H13ClN2O5. The third-order valence-electron chi connectivity index (χ3n) is 2.54. The SMILES string of the molecule is CCC[C@H](NC(=O)c1cc(Cl)cc([N+](=O)[O-])c1)C(=O)O. The molecule has 0 aliphatic carbocycles. The molecular weight excluding hydrogens is 288 g/mol. The lowest BCUT2D eigenvalue weighted by molar-refractivity contribution is -0.384. The Labute approximate surface area is 119 Å². The number of nitrogens with zero attached hydrogens (tertiary/aromatic N) is 1. The molecule has 1 amide bonds. The van der Waals surface area contributed by atoms with Crippen molar-refractivity contribution in [3.63, 3.8) is 0 Å². The molecule has 0 saturated heterocycles. The number of carbonyl (C=O) groups excluding carboxylic acids is 1. The Morgan fingerprint density at radius 3 is 2.60 bits per heavy atom. The van der Waals surface area contributed by atoms with Crippen LogP contribution in [0.25, 0.3) is 0 Å². The van der Waals surface area contributed by atoms with Gasteiger partial charge in [-0.1, -0.05) is 24.9 Å². The molecule has 0 radical (unpaired) electrons. The molecule has 0 aromatic heterocycles. The van der Waals surface area contributed by atoms with Crippen molar-refractivity contribution in [1.82, 2.24) is 5.32 Å². The molecule has 0 aliphatic rings. The Kier molecular flexibility index (Phi) is 5.45. The molecule has 0 heterocycles. The first-order valence-corrected chi connectivity index (χ1v) is 6.21. The highest BCUT2D eigenvalue weighted by atomic mass is 35.5. The molecule has 0 aliphatic heterocycles. The number of carbonyl (C=O) groups is 2. The van der Waals surface area contributed by atoms with Crippen molar-refractivity contribution in [2.75, 3.05) is 0 Å². The second-order valence-electron chi connectivity index (χ2n) is 4.11. The standard InChI is InChI=1S/C12H13ClN2O5/c1-2-3-10(12(17)18)14-11(16)7-4-8(13)6-9(5-7)15(19)20/h4-6,10H,2-3H2,1H3,(H,14,16)(H,17,18)/t10-/m0/s1. The van der Waals surface area contributed by atoms with Crippen LogP contribution in [0, 0.1) is 10.1 Å². The van der Waals surface area contributed by atoms with E-state index in [1.54, 1.807) is 6.92 Å². The van der Waals surface area contributed by atoms with Crippen LogP contribution < -0.4 is 5.32 Å². The summed E-state index contributed by atoms with van der Waals surface area (Å²) < 4.78 is 0. The van der Waals surface area contributed by atoms with Gasteiger partial charge in [0.2, 0.25) is 0 Å². The van der Waals surface area contributed by atoms with Gasteiger partial charge in [0.25, 0.3) is 11.6 Å². The zero-order chi connectivity index (χ0) is 15.3. The number of halogens is 1. The number of benzene rings is 1. The van der Waals surface area contributed by atoms with E-state index in [1.165, 1.54) is 6.07 Å². The fraction of sp³-hybridized carbons (Fsp3) is 0.333. The minimum Gasteiger partial charge on any atom is -0.480 e. The van der Waals surface area contributed by atoms with Gasteiger partial charge < -0.3 is 10.4 Å². The minimum absolute atomic E-state index is 0.0340. The van der Waals surface area contributed by atoms with Crippen LogP contribution in [0.2, 0.25) is 5.02 Å². The number of nitrogens with one attached hydrogen (secondary N) is 1. The lowest BCUT2D eigenvalue weighted by Gasteiger charge is -2.13. The normalized spacial score (nSPS) is 11.7. The summed E-state index contributed by atoms with van der Waals surface area (Å²) in [6.45, 7) is 1.78. The highest BCUT2D eigenvalue weighted by Gasteiger charge is 2.21. The summed E-state index contributed by atoms with van der Waals surface area (Å²) in [5.74, 6) is -1.87. The van der Waals surface area contributed by atoms with E-state index in [-0.39, 0.29) is 22.7 Å². The van der Waals surface area contributed by atoms with E-state index in [1.807, 2.05) is 0 Å². The topological polar surface area (TPSA) is 110 Å². The Bertz CT molecular complexity index is 547. The largest absolute Gasteiger partial charge is 0.480 e. The molecule has 1 rings (SSSR count). The molecule has 108 valence electrons. The quantitative estimate of drug-likeness (QED) is 0.618. The molecule has 0 bridgehead atoms. The molecule has 1 aromatic rings. The Morgan fingerprint density at radius 1 is 1.45 bits per heavy atom. The molecule has 2 N–H and O–H groups in total. The van der Waals surface area contributed by atoms with Crippen LogP contribution in [-0.4, -0.2) is 27.9 Å². The first kappa shape index (κ1) is 15.9. The van der Waals surface area contributed by atoms with E-state index in [9.17, 15) is 19.7 Å². The second kappa shape index (κ2) is 6.85. The summed E-state index contributed by atoms with van der Waals surface area (Å²) in [5.41, 5.74) is -0.378. The summed E-state index contributed by atoms with van der Waals surface area (Å²) in [5, 5.41) is 22.0. The zero-order valence-corrected chi connectivity index (χ0v) is 11.4. The molecule has 7 nitrogen and oxygen atoms in total. The zero-order valence-electron chi connectivity index (χ0n) is 10.6. The third kappa shape index (κ3) is 4.20. The predicted octanol–water partition coefficient (Wildman–Crippen LogP) is 2.23. The number of hydrogen-bond acceptors (Lipinski definition) is 4. The van der Waals surface area contributed by atoms with E-state index in [2.05, 4.69) is 5.32 Å². The molecule has 1 atom stereocenters. The smallest absolute Gasteiger partial charge is 0.326 e. The van der Waals surface area contributed by atoms with Crippen molar-refractivity contribution in [3.8, 4) is 0 Å². The van der Waals surface area contributed by atoms with Crippen LogP contribution in [0.1, 0.15) is 30.1 Å². The number of rotatable bonds is 6. The summed E-state index contributed by atoms with van der Waals surface area (Å²) in [6, 6.07) is 2.37. The second-order valence-corrected chi connectivity index (χ2v) is 4.54. The van der Waals surface area contributed by atoms with Crippen molar-refractivity contribution >= 4 is 29.2 Å². The van der Waals surface area contributed by atoms with Gasteiger partial charge in [-0.25, -0.2) is 4.79 Å². The van der Waals surface area contributed by atoms with Crippen LogP contribution in [0.15, 0.2) is 18.2 Å². The van der Waals surface area contributed by atoms with Gasteiger partial charge in [0.05, 0.1) is 4.92 Å². The van der Waals surface area contributed by atoms with Crippen molar-refractivity contribution < 1.29 is 19.6 Å². The number of nitro benzene ring substituents is 1. The van der Waals surface area contributed by atoms with E-state index in [0.29, 0.717) is 6.42 Å². The van der Waals surface area contributed by atoms with E-state index < -0.39 is 22.8 Å². The van der Waals surface area contributed by atoms with Crippen LogP contribution in [0.3, 0.4) is 0 Å². The van der Waals surface area contributed by atoms with Gasteiger partial charge in [-0.05, 0) is 12.5 Å². The highest BCUT2D eigenvalue weighted by molar-refractivity contribution is 6.31. The van der Waals surface area contributed by atoms with Crippen molar-refractivity contribution in [1.29, 1.82) is 0 Å². The maximum Gasteiger partial charge on any atom is 0.326 e. The number of non-ortho nitro benzene ring substituents is 1. The maximum atomic E-state index is 11.9. The molecule has 0 spiro atoms. The van der Waals surface area contributed by atoms with Crippen LogP contribution in [-0.2, 0) is 4.79 Å². The predicted molar refractivity (Wildman–Crippen MR) is 71.9 cm³/mol. The van der Waals surface area contributed by atoms with E-state index >= 15 is 0 Å². The number of carboxylic acid groups (broad SMARTS) is 1. The molecule has 1 aromatic carbocycles. The van der Waals surface area contributed by atoms with E-state index in [4.69, 9.17) is 16.7 Å². The summed E-state index contributed by atoms with van der Waals surface area (Å²) in [6.07, 6.45) is 0.844. The summed E-state index contributed by atoms with van der Waals surface area (Å²) in [7, 11) is 0. The lowest BCUT2D eigenvalue weighted by atomic mass is 10.1. The Morgan fingerprint density at radius 2 is 2.10 bits per heavy atom. The highest BCUT2D eigenvalue weighted by Crippen LogP contribution is 2.21. The van der Waals surface area contributed by atoms with Gasteiger partial charge in [-0.3, -0.25) is 14.9 Å². The molecule has 0 unspecified atom stereocenters. The number of carboxylic acids is 1. The van der Waals surface area contributed by atoms with Crippen LogP contribution >= 0.6 is 11.6 Å². The summed E-state index contributed by atoms with van der Waals surface area (Å²) >= 11 is 5.70. The van der Waals surface area contributed by atoms with Gasteiger partial charge >= 0.3 is 5.97 Å². The first-order chi connectivity index (χ1) is 9.35. The number of nitro groups is 1. The van der Waals surface area contributed by atoms with Gasteiger partial charge in [-0.2, -0.15) is 0 Å². The van der Waals surface area contributed by atoms with Crippen molar-refractivity contribution in [3.05, 3.63) is 38.9 Å². The number of amides is 1. The third-order valence-corrected chi connectivity index (χ3v) is 2.75. The molecule has 0 fully saturated rings. The first-order valence-electron chi connectivity index (χ1n) is 5.83. The minimum atomic E-state index is -1.16. The fourth-order valence-corrected chi connectivity index (χ4v) is 1.83.